The van der Waals surface area contributed by atoms with Gasteiger partial charge in [0.05, 0.1) is 7.11 Å². The first kappa shape index (κ1) is 20.5. The molecule has 6 heteroatoms. The third-order valence-electron chi connectivity index (χ3n) is 5.23. The predicted molar refractivity (Wildman–Crippen MR) is 120 cm³/mol. The van der Waals surface area contributed by atoms with Crippen molar-refractivity contribution in [3.8, 4) is 11.5 Å². The van der Waals surface area contributed by atoms with E-state index in [0.29, 0.717) is 29.6 Å². The number of nitrogens with one attached hydrogen (secondary N) is 1. The van der Waals surface area contributed by atoms with E-state index in [-0.39, 0.29) is 5.91 Å². The molecule has 31 heavy (non-hydrogen) atoms. The number of rotatable bonds is 6. The summed E-state index contributed by atoms with van der Waals surface area (Å²) in [5.41, 5.74) is 5.17. The first-order chi connectivity index (χ1) is 15.0. The van der Waals surface area contributed by atoms with Gasteiger partial charge >= 0.3 is 0 Å². The van der Waals surface area contributed by atoms with Gasteiger partial charge in [0.25, 0.3) is 5.91 Å². The molecular formula is C25H24N2O4. The second kappa shape index (κ2) is 8.52. The van der Waals surface area contributed by atoms with Crippen LogP contribution in [-0.4, -0.2) is 18.0 Å². The van der Waals surface area contributed by atoms with Crippen LogP contribution < -0.4 is 14.8 Å². The Kier molecular flexibility index (Phi) is 5.62. The van der Waals surface area contributed by atoms with E-state index in [1.807, 2.05) is 45.0 Å². The van der Waals surface area contributed by atoms with Crippen LogP contribution in [0.25, 0.3) is 11.0 Å². The maximum atomic E-state index is 13.0. The van der Waals surface area contributed by atoms with Crippen molar-refractivity contribution in [3.63, 3.8) is 0 Å². The molecule has 0 aliphatic carbocycles. The van der Waals surface area contributed by atoms with Gasteiger partial charge < -0.3 is 19.2 Å². The summed E-state index contributed by atoms with van der Waals surface area (Å²) in [6.07, 6.45) is 3.45. The number of methoxy groups -OCH3 is 1. The second-order valence-electron chi connectivity index (χ2n) is 7.43. The fraction of sp³-hybridized carbons (Fsp3) is 0.200. The van der Waals surface area contributed by atoms with Crippen LogP contribution in [0.5, 0.6) is 11.5 Å². The van der Waals surface area contributed by atoms with Gasteiger partial charge in [-0.05, 0) is 50.1 Å². The van der Waals surface area contributed by atoms with Gasteiger partial charge in [-0.3, -0.25) is 9.78 Å². The minimum absolute atomic E-state index is 0.307. The summed E-state index contributed by atoms with van der Waals surface area (Å²) in [6, 6.07) is 13.1. The minimum Gasteiger partial charge on any atom is -0.493 e. The number of anilines is 1. The second-order valence-corrected chi connectivity index (χ2v) is 7.43. The zero-order chi connectivity index (χ0) is 22.0. The van der Waals surface area contributed by atoms with Crippen molar-refractivity contribution in [2.75, 3.05) is 12.4 Å². The third-order valence-corrected chi connectivity index (χ3v) is 5.23. The molecule has 1 amide bonds. The van der Waals surface area contributed by atoms with Gasteiger partial charge in [0.2, 0.25) is 0 Å². The molecule has 0 aliphatic rings. The van der Waals surface area contributed by atoms with E-state index in [9.17, 15) is 4.79 Å². The van der Waals surface area contributed by atoms with E-state index in [2.05, 4.69) is 10.3 Å². The molecule has 2 aromatic carbocycles. The normalized spacial score (nSPS) is 10.8. The number of hydrogen-bond acceptors (Lipinski definition) is 5. The van der Waals surface area contributed by atoms with Crippen LogP contribution in [0, 0.1) is 20.8 Å². The zero-order valence-corrected chi connectivity index (χ0v) is 18.0. The highest BCUT2D eigenvalue weighted by Crippen LogP contribution is 2.33. The molecule has 1 N–H and O–H groups in total. The van der Waals surface area contributed by atoms with Gasteiger partial charge in [-0.2, -0.15) is 0 Å². The number of nitrogens with zero attached hydrogens (tertiary/aromatic N) is 1. The first-order valence-corrected chi connectivity index (χ1v) is 9.98. The summed E-state index contributed by atoms with van der Waals surface area (Å²) in [4.78, 5) is 17.1. The Morgan fingerprint density at radius 3 is 2.58 bits per heavy atom. The number of ether oxygens (including phenoxy) is 2. The molecule has 0 saturated carbocycles. The van der Waals surface area contributed by atoms with Gasteiger partial charge in [0, 0.05) is 40.7 Å². The molecule has 4 rings (SSSR count). The van der Waals surface area contributed by atoms with Crippen LogP contribution in [0.1, 0.15) is 32.8 Å². The SMILES string of the molecule is COc1ccc(NC(=O)c2oc3c(C)ccc(C)c3c2C)cc1OCc1cccnc1. The summed E-state index contributed by atoms with van der Waals surface area (Å²) in [5.74, 6) is 1.10. The number of furan rings is 1. The Labute approximate surface area is 180 Å². The van der Waals surface area contributed by atoms with Gasteiger partial charge in [-0.1, -0.05) is 18.2 Å². The lowest BCUT2D eigenvalue weighted by Gasteiger charge is -2.13. The number of pyridine rings is 1. The van der Waals surface area contributed by atoms with Crippen LogP contribution >= 0.6 is 0 Å². The van der Waals surface area contributed by atoms with Crippen LogP contribution in [0.15, 0.2) is 59.3 Å². The Morgan fingerprint density at radius 1 is 1.06 bits per heavy atom. The molecule has 158 valence electrons. The average molecular weight is 416 g/mol. The standard InChI is InChI=1S/C25H24N2O4/c1-15-7-8-16(2)23-22(15)17(3)24(31-23)25(28)27-19-9-10-20(29-4)21(12-19)30-14-18-6-5-11-26-13-18/h5-13H,14H2,1-4H3,(H,27,28). The largest absolute Gasteiger partial charge is 0.493 e. The fourth-order valence-corrected chi connectivity index (χ4v) is 3.59. The molecule has 0 bridgehead atoms. The van der Waals surface area contributed by atoms with Crippen molar-refractivity contribution < 1.29 is 18.7 Å². The highest BCUT2D eigenvalue weighted by Gasteiger charge is 2.20. The molecule has 2 heterocycles. The van der Waals surface area contributed by atoms with Gasteiger partial charge in [0.1, 0.15) is 12.2 Å². The maximum Gasteiger partial charge on any atom is 0.291 e. The van der Waals surface area contributed by atoms with E-state index in [0.717, 1.165) is 33.2 Å². The van der Waals surface area contributed by atoms with Crippen LogP contribution in [0.3, 0.4) is 0 Å². The number of fused-ring (bicyclic) bond motifs is 1. The van der Waals surface area contributed by atoms with Gasteiger partial charge in [-0.15, -0.1) is 0 Å². The molecule has 0 radical (unpaired) electrons. The monoisotopic (exact) mass is 416 g/mol. The smallest absolute Gasteiger partial charge is 0.291 e. The number of hydrogen-bond donors (Lipinski definition) is 1. The Bertz CT molecular complexity index is 1250. The Morgan fingerprint density at radius 2 is 1.87 bits per heavy atom. The van der Waals surface area contributed by atoms with Gasteiger partial charge in [0.15, 0.2) is 17.3 Å². The van der Waals surface area contributed by atoms with E-state index < -0.39 is 0 Å². The first-order valence-electron chi connectivity index (χ1n) is 9.98. The lowest BCUT2D eigenvalue weighted by molar-refractivity contribution is 0.0998. The minimum atomic E-state index is -0.309. The maximum absolute atomic E-state index is 13.0. The molecule has 0 aliphatic heterocycles. The lowest BCUT2D eigenvalue weighted by Crippen LogP contribution is -2.12. The predicted octanol–water partition coefficient (Wildman–Crippen LogP) is 5.59. The summed E-state index contributed by atoms with van der Waals surface area (Å²) in [6.45, 7) is 6.23. The number of carbonyl (C=O) groups excluding carboxylic acids is 1. The quantitative estimate of drug-likeness (QED) is 0.443. The summed E-state index contributed by atoms with van der Waals surface area (Å²) < 4.78 is 17.2. The average Bonchev–Trinajstić information content (AvgIpc) is 3.14. The van der Waals surface area contributed by atoms with Crippen molar-refractivity contribution in [2.24, 2.45) is 0 Å². The molecule has 0 unspecified atom stereocenters. The number of aromatic nitrogens is 1. The molecule has 0 spiro atoms. The Balaban J connectivity index is 1.58. The highest BCUT2D eigenvalue weighted by atomic mass is 16.5. The topological polar surface area (TPSA) is 73.6 Å². The van der Waals surface area contributed by atoms with Crippen molar-refractivity contribution in [1.29, 1.82) is 0 Å². The molecule has 0 fully saturated rings. The van der Waals surface area contributed by atoms with E-state index in [4.69, 9.17) is 13.9 Å². The molecule has 0 atom stereocenters. The molecule has 6 nitrogen and oxygen atoms in total. The fourth-order valence-electron chi connectivity index (χ4n) is 3.59. The summed E-state index contributed by atoms with van der Waals surface area (Å²) >= 11 is 0. The van der Waals surface area contributed by atoms with Crippen LogP contribution in [-0.2, 0) is 6.61 Å². The van der Waals surface area contributed by atoms with Crippen LogP contribution in [0.2, 0.25) is 0 Å². The van der Waals surface area contributed by atoms with E-state index in [1.165, 1.54) is 0 Å². The van der Waals surface area contributed by atoms with E-state index in [1.54, 1.807) is 37.7 Å². The molecule has 4 aromatic rings. The van der Waals surface area contributed by atoms with Crippen molar-refractivity contribution in [1.82, 2.24) is 4.98 Å². The molecular weight excluding hydrogens is 392 g/mol. The van der Waals surface area contributed by atoms with Crippen LogP contribution in [0.4, 0.5) is 5.69 Å². The van der Waals surface area contributed by atoms with Crippen molar-refractivity contribution in [3.05, 3.63) is 82.9 Å². The zero-order valence-electron chi connectivity index (χ0n) is 18.0. The Hall–Kier alpha value is -3.80. The molecule has 0 saturated heterocycles. The third kappa shape index (κ3) is 4.10. The number of amides is 1. The van der Waals surface area contributed by atoms with Crippen molar-refractivity contribution >= 4 is 22.6 Å². The number of carbonyl (C=O) groups is 1. The number of benzene rings is 2. The highest BCUT2D eigenvalue weighted by molar-refractivity contribution is 6.07. The lowest BCUT2D eigenvalue weighted by atomic mass is 10.0. The molecule has 2 aromatic heterocycles. The van der Waals surface area contributed by atoms with E-state index >= 15 is 0 Å². The summed E-state index contributed by atoms with van der Waals surface area (Å²) in [5, 5.41) is 3.89. The van der Waals surface area contributed by atoms with Gasteiger partial charge in [-0.25, -0.2) is 0 Å². The number of aryl methyl sites for hydroxylation is 3. The summed E-state index contributed by atoms with van der Waals surface area (Å²) in [7, 11) is 1.58. The van der Waals surface area contributed by atoms with Crippen molar-refractivity contribution in [2.45, 2.75) is 27.4 Å².